The summed E-state index contributed by atoms with van der Waals surface area (Å²) in [4.78, 5) is 1.09. The number of rotatable bonds is 6. The quantitative estimate of drug-likeness (QED) is 0.520. The van der Waals surface area contributed by atoms with E-state index in [0.29, 0.717) is 31.1 Å². The van der Waals surface area contributed by atoms with Crippen molar-refractivity contribution in [2.45, 2.75) is 25.0 Å². The van der Waals surface area contributed by atoms with Crippen molar-refractivity contribution in [1.29, 1.82) is 0 Å². The molecule has 2 heterocycles. The molecule has 1 aromatic heterocycles. The second-order valence-electron chi connectivity index (χ2n) is 6.44. The lowest BCUT2D eigenvalue weighted by atomic mass is 10.3. The number of hydrogen-bond donors (Lipinski definition) is 0. The fraction of sp³-hybridized carbons (Fsp3) is 0.412. The summed E-state index contributed by atoms with van der Waals surface area (Å²) in [6.45, 7) is 7.55. The largest absolute Gasteiger partial charge is 0.300 e. The monoisotopic (exact) mass is 429 g/mol. The second-order valence-corrected chi connectivity index (χ2v) is 8.68. The highest BCUT2D eigenvalue weighted by Gasteiger charge is 2.33. The number of sulfonamides is 1. The highest BCUT2D eigenvalue weighted by Crippen LogP contribution is 2.23. The highest BCUT2D eigenvalue weighted by atomic mass is 32.2. The zero-order chi connectivity index (χ0) is 20.5. The smallest absolute Gasteiger partial charge is 0.249 e. The number of benzene rings is 1. The van der Waals surface area contributed by atoms with Gasteiger partial charge in [0.25, 0.3) is 0 Å². The van der Waals surface area contributed by atoms with Crippen LogP contribution in [0.1, 0.15) is 5.82 Å². The van der Waals surface area contributed by atoms with Crippen LogP contribution in [0.25, 0.3) is 0 Å². The first-order valence-corrected chi connectivity index (χ1v) is 10.5. The van der Waals surface area contributed by atoms with Gasteiger partial charge in [0, 0.05) is 32.7 Å². The Bertz CT molecular complexity index is 1020. The number of hydrogen-bond acceptors (Lipinski definition) is 5. The molecule has 3 rings (SSSR count). The van der Waals surface area contributed by atoms with Gasteiger partial charge in [0.2, 0.25) is 10.0 Å². The standard InChI is InChI=1S/C17H21F2N5O2S2/c1-3-7-23-13(2)20-24(17(23)27)12-21-8-10-22(11-9-21)28(25,26)16-14(18)5-4-6-15(16)19/h3-6H,1,7-12H2,2H3. The van der Waals surface area contributed by atoms with Gasteiger partial charge in [-0.15, -0.1) is 6.58 Å². The number of aromatic nitrogens is 3. The molecule has 152 valence electrons. The second kappa shape index (κ2) is 8.19. The Kier molecular flexibility index (Phi) is 6.08. The molecule has 28 heavy (non-hydrogen) atoms. The van der Waals surface area contributed by atoms with Crippen molar-refractivity contribution in [2.75, 3.05) is 26.2 Å². The van der Waals surface area contributed by atoms with Crippen LogP contribution in [0.3, 0.4) is 0 Å². The van der Waals surface area contributed by atoms with E-state index in [-0.39, 0.29) is 13.1 Å². The topological polar surface area (TPSA) is 63.4 Å². The third kappa shape index (κ3) is 3.93. The van der Waals surface area contributed by atoms with Crippen LogP contribution in [0.5, 0.6) is 0 Å². The highest BCUT2D eigenvalue weighted by molar-refractivity contribution is 7.89. The molecular formula is C17H21F2N5O2S2. The van der Waals surface area contributed by atoms with Gasteiger partial charge >= 0.3 is 0 Å². The molecule has 1 aliphatic heterocycles. The number of aryl methyl sites for hydroxylation is 1. The van der Waals surface area contributed by atoms with Crippen molar-refractivity contribution in [3.05, 3.63) is 53.1 Å². The molecule has 0 saturated carbocycles. The van der Waals surface area contributed by atoms with Crippen LogP contribution >= 0.6 is 12.2 Å². The Balaban J connectivity index is 1.71. The fourth-order valence-electron chi connectivity index (χ4n) is 3.14. The number of piperazine rings is 1. The SMILES string of the molecule is C=CCn1c(C)nn(CN2CCN(S(=O)(=O)c3c(F)cccc3F)CC2)c1=S. The van der Waals surface area contributed by atoms with Crippen LogP contribution in [-0.2, 0) is 23.2 Å². The van der Waals surface area contributed by atoms with Gasteiger partial charge < -0.3 is 4.57 Å². The van der Waals surface area contributed by atoms with E-state index in [0.717, 1.165) is 28.3 Å². The molecule has 2 aromatic rings. The molecule has 0 radical (unpaired) electrons. The average Bonchev–Trinajstić information content (AvgIpc) is 2.90. The van der Waals surface area contributed by atoms with Gasteiger partial charge in [0.05, 0.1) is 6.67 Å². The van der Waals surface area contributed by atoms with Crippen molar-refractivity contribution in [3.8, 4) is 0 Å². The molecule has 0 bridgehead atoms. The van der Waals surface area contributed by atoms with Gasteiger partial charge in [-0.25, -0.2) is 21.9 Å². The van der Waals surface area contributed by atoms with Crippen LogP contribution in [0.15, 0.2) is 35.7 Å². The van der Waals surface area contributed by atoms with Crippen LogP contribution in [0.2, 0.25) is 0 Å². The third-order valence-electron chi connectivity index (χ3n) is 4.60. The molecule has 7 nitrogen and oxygen atoms in total. The van der Waals surface area contributed by atoms with Gasteiger partial charge in [-0.2, -0.15) is 9.40 Å². The molecule has 0 atom stereocenters. The Morgan fingerprint density at radius 2 is 1.82 bits per heavy atom. The molecule has 11 heteroatoms. The molecule has 1 aromatic carbocycles. The van der Waals surface area contributed by atoms with E-state index in [1.807, 2.05) is 16.4 Å². The fourth-order valence-corrected chi connectivity index (χ4v) is 4.98. The van der Waals surface area contributed by atoms with Gasteiger partial charge in [0.15, 0.2) is 9.67 Å². The summed E-state index contributed by atoms with van der Waals surface area (Å²) in [6.07, 6.45) is 1.74. The molecule has 0 amide bonds. The predicted molar refractivity (Wildman–Crippen MR) is 103 cm³/mol. The first-order chi connectivity index (χ1) is 13.3. The summed E-state index contributed by atoms with van der Waals surface area (Å²) in [5.74, 6) is -1.41. The van der Waals surface area contributed by atoms with E-state index in [9.17, 15) is 17.2 Å². The summed E-state index contributed by atoms with van der Waals surface area (Å²) in [7, 11) is -4.24. The summed E-state index contributed by atoms with van der Waals surface area (Å²) in [5.41, 5.74) is 0. The lowest BCUT2D eigenvalue weighted by Gasteiger charge is -2.33. The van der Waals surface area contributed by atoms with Crippen LogP contribution < -0.4 is 0 Å². The maximum absolute atomic E-state index is 13.9. The number of allylic oxidation sites excluding steroid dienone is 1. The molecule has 0 unspecified atom stereocenters. The van der Waals surface area contributed by atoms with E-state index < -0.39 is 26.6 Å². The average molecular weight is 430 g/mol. The molecule has 0 aliphatic carbocycles. The van der Waals surface area contributed by atoms with E-state index in [2.05, 4.69) is 11.7 Å². The summed E-state index contributed by atoms with van der Waals surface area (Å²) < 4.78 is 58.3. The van der Waals surface area contributed by atoms with E-state index in [1.165, 1.54) is 0 Å². The van der Waals surface area contributed by atoms with E-state index in [4.69, 9.17) is 12.2 Å². The lowest BCUT2D eigenvalue weighted by Crippen LogP contribution is -2.49. The maximum atomic E-state index is 13.9. The zero-order valence-electron chi connectivity index (χ0n) is 15.4. The minimum absolute atomic E-state index is 0.121. The lowest BCUT2D eigenvalue weighted by molar-refractivity contribution is 0.144. The van der Waals surface area contributed by atoms with Crippen molar-refractivity contribution in [2.24, 2.45) is 0 Å². The molecule has 0 spiro atoms. The van der Waals surface area contributed by atoms with Crippen molar-refractivity contribution >= 4 is 22.2 Å². The Morgan fingerprint density at radius 3 is 2.39 bits per heavy atom. The minimum atomic E-state index is -4.24. The van der Waals surface area contributed by atoms with Crippen molar-refractivity contribution < 1.29 is 17.2 Å². The van der Waals surface area contributed by atoms with Crippen LogP contribution in [0.4, 0.5) is 8.78 Å². The predicted octanol–water partition coefficient (Wildman–Crippen LogP) is 2.15. The summed E-state index contributed by atoms with van der Waals surface area (Å²) in [6, 6.07) is 3.02. The van der Waals surface area contributed by atoms with Gasteiger partial charge in [-0.1, -0.05) is 12.1 Å². The van der Waals surface area contributed by atoms with Crippen LogP contribution in [0, 0.1) is 23.3 Å². The molecule has 1 aliphatic rings. The van der Waals surface area contributed by atoms with Gasteiger partial charge in [-0.05, 0) is 31.3 Å². The van der Waals surface area contributed by atoms with Gasteiger partial charge in [0.1, 0.15) is 17.5 Å². The van der Waals surface area contributed by atoms with E-state index >= 15 is 0 Å². The normalized spacial score (nSPS) is 16.4. The first kappa shape index (κ1) is 20.8. The molecule has 1 saturated heterocycles. The zero-order valence-corrected chi connectivity index (χ0v) is 17.0. The van der Waals surface area contributed by atoms with Crippen molar-refractivity contribution in [1.82, 2.24) is 23.6 Å². The number of halogens is 2. The van der Waals surface area contributed by atoms with E-state index in [1.54, 1.807) is 10.8 Å². The van der Waals surface area contributed by atoms with Crippen molar-refractivity contribution in [3.63, 3.8) is 0 Å². The first-order valence-electron chi connectivity index (χ1n) is 8.67. The molecular weight excluding hydrogens is 408 g/mol. The number of nitrogens with zero attached hydrogens (tertiary/aromatic N) is 5. The Labute approximate surface area is 167 Å². The Hall–Kier alpha value is -1.95. The maximum Gasteiger partial charge on any atom is 0.249 e. The van der Waals surface area contributed by atoms with Gasteiger partial charge in [-0.3, -0.25) is 4.90 Å². The van der Waals surface area contributed by atoms with Crippen LogP contribution in [-0.4, -0.2) is 58.1 Å². The minimum Gasteiger partial charge on any atom is -0.300 e. The third-order valence-corrected chi connectivity index (χ3v) is 6.98. The molecule has 1 fully saturated rings. The summed E-state index contributed by atoms with van der Waals surface area (Å²) in [5, 5.41) is 4.42. The summed E-state index contributed by atoms with van der Waals surface area (Å²) >= 11 is 5.42. The Morgan fingerprint density at radius 1 is 1.21 bits per heavy atom. The molecule has 0 N–H and O–H groups in total.